The van der Waals surface area contributed by atoms with Crippen molar-refractivity contribution in [3.63, 3.8) is 0 Å². The zero-order valence-corrected chi connectivity index (χ0v) is 13.1. The van der Waals surface area contributed by atoms with Crippen molar-refractivity contribution in [1.82, 2.24) is 20.1 Å². The largest absolute Gasteiger partial charge is 0.369 e. The molecule has 1 unspecified atom stereocenters. The van der Waals surface area contributed by atoms with E-state index in [2.05, 4.69) is 20.3 Å². The van der Waals surface area contributed by atoms with Crippen molar-refractivity contribution >= 4 is 11.6 Å². The Balaban J connectivity index is 1.60. The Bertz CT molecular complexity index is 673. The summed E-state index contributed by atoms with van der Waals surface area (Å²) >= 11 is 0. The lowest BCUT2D eigenvalue weighted by molar-refractivity contribution is -0.122. The second kappa shape index (κ2) is 6.76. The molecule has 1 aromatic carbocycles. The molecule has 2 aromatic rings. The Labute approximate surface area is 134 Å². The van der Waals surface area contributed by atoms with Crippen LogP contribution in [0.5, 0.6) is 0 Å². The molecule has 0 radical (unpaired) electrons. The summed E-state index contributed by atoms with van der Waals surface area (Å²) in [7, 11) is 0. The molecule has 3 rings (SSSR count). The molecule has 23 heavy (non-hydrogen) atoms. The molecule has 1 aliphatic rings. The number of hydrogen-bond donors (Lipinski definition) is 1. The van der Waals surface area contributed by atoms with Crippen molar-refractivity contribution in [1.29, 1.82) is 0 Å². The van der Waals surface area contributed by atoms with Crippen LogP contribution in [-0.4, -0.2) is 39.8 Å². The number of carbonyl (C=O) groups is 1. The third-order valence-corrected chi connectivity index (χ3v) is 4.06. The molecule has 1 saturated heterocycles. The van der Waals surface area contributed by atoms with Gasteiger partial charge in [0.05, 0.1) is 0 Å². The van der Waals surface area contributed by atoms with Crippen LogP contribution in [0.25, 0.3) is 0 Å². The average molecular weight is 317 g/mol. The highest BCUT2D eigenvalue weighted by Gasteiger charge is 2.22. The number of halogens is 1. The summed E-state index contributed by atoms with van der Waals surface area (Å²) in [6.45, 7) is 3.73. The highest BCUT2D eigenvalue weighted by Crippen LogP contribution is 2.24. The first-order chi connectivity index (χ1) is 11.1. The minimum absolute atomic E-state index is 0.0711. The van der Waals surface area contributed by atoms with Crippen molar-refractivity contribution < 1.29 is 9.18 Å². The zero-order valence-electron chi connectivity index (χ0n) is 13.1. The van der Waals surface area contributed by atoms with E-state index in [1.54, 1.807) is 6.07 Å². The molecular weight excluding hydrogens is 297 g/mol. The smallest absolute Gasteiger partial charge is 0.242 e. The standard InChI is InChI=1S/C16H20FN5O/c1-12-7-13(17)4-5-15(12)21-6-2-3-14(8-21)20-16(23)9-22-11-18-10-19-22/h4-5,7,10-11,14H,2-3,6,8-9H2,1H3,(H,20,23). The highest BCUT2D eigenvalue weighted by molar-refractivity contribution is 5.76. The number of nitrogens with zero attached hydrogens (tertiary/aromatic N) is 4. The Morgan fingerprint density at radius 2 is 2.35 bits per heavy atom. The first-order valence-corrected chi connectivity index (χ1v) is 7.74. The van der Waals surface area contributed by atoms with Gasteiger partial charge in [0, 0.05) is 24.8 Å². The number of aryl methyl sites for hydroxylation is 1. The van der Waals surface area contributed by atoms with Gasteiger partial charge in [-0.2, -0.15) is 5.10 Å². The van der Waals surface area contributed by atoms with E-state index in [9.17, 15) is 9.18 Å². The normalized spacial score (nSPS) is 18.0. The first kappa shape index (κ1) is 15.5. The maximum Gasteiger partial charge on any atom is 0.242 e. The van der Waals surface area contributed by atoms with Crippen LogP contribution in [0.15, 0.2) is 30.9 Å². The molecule has 7 heteroatoms. The number of carbonyl (C=O) groups excluding carboxylic acids is 1. The summed E-state index contributed by atoms with van der Waals surface area (Å²) in [5.74, 6) is -0.292. The van der Waals surface area contributed by atoms with Crippen molar-refractivity contribution in [3.05, 3.63) is 42.2 Å². The van der Waals surface area contributed by atoms with Crippen LogP contribution >= 0.6 is 0 Å². The maximum absolute atomic E-state index is 13.3. The number of anilines is 1. The Morgan fingerprint density at radius 1 is 1.48 bits per heavy atom. The van der Waals surface area contributed by atoms with Gasteiger partial charge in [-0.25, -0.2) is 14.1 Å². The molecule has 1 aromatic heterocycles. The molecule has 0 spiro atoms. The predicted octanol–water partition coefficient (Wildman–Crippen LogP) is 1.51. The van der Waals surface area contributed by atoms with E-state index in [0.29, 0.717) is 0 Å². The van der Waals surface area contributed by atoms with Crippen molar-refractivity contribution in [2.24, 2.45) is 0 Å². The minimum Gasteiger partial charge on any atom is -0.369 e. The van der Waals surface area contributed by atoms with Gasteiger partial charge >= 0.3 is 0 Å². The monoisotopic (exact) mass is 317 g/mol. The van der Waals surface area contributed by atoms with Gasteiger partial charge in [0.1, 0.15) is 25.0 Å². The van der Waals surface area contributed by atoms with Crippen LogP contribution in [0.1, 0.15) is 18.4 Å². The molecule has 1 atom stereocenters. The van der Waals surface area contributed by atoms with Crippen molar-refractivity contribution in [3.8, 4) is 0 Å². The van der Waals surface area contributed by atoms with Crippen molar-refractivity contribution in [2.75, 3.05) is 18.0 Å². The van der Waals surface area contributed by atoms with E-state index >= 15 is 0 Å². The van der Waals surface area contributed by atoms with Gasteiger partial charge in [0.25, 0.3) is 0 Å². The van der Waals surface area contributed by atoms with E-state index < -0.39 is 0 Å². The Hall–Kier alpha value is -2.44. The molecule has 0 aliphatic carbocycles. The van der Waals surface area contributed by atoms with E-state index in [4.69, 9.17) is 0 Å². The summed E-state index contributed by atoms with van der Waals surface area (Å²) < 4.78 is 14.8. The molecular formula is C16H20FN5O. The Kier molecular flexibility index (Phi) is 4.55. The number of aromatic nitrogens is 3. The lowest BCUT2D eigenvalue weighted by Crippen LogP contribution is -2.48. The van der Waals surface area contributed by atoms with Gasteiger partial charge in [-0.15, -0.1) is 0 Å². The van der Waals surface area contributed by atoms with E-state index in [0.717, 1.165) is 37.2 Å². The molecule has 1 aliphatic heterocycles. The van der Waals surface area contributed by atoms with Gasteiger partial charge in [0.15, 0.2) is 0 Å². The summed E-state index contributed by atoms with van der Waals surface area (Å²) in [5, 5.41) is 6.97. The van der Waals surface area contributed by atoms with Crippen LogP contribution in [-0.2, 0) is 11.3 Å². The van der Waals surface area contributed by atoms with Crippen molar-refractivity contribution in [2.45, 2.75) is 32.4 Å². The third-order valence-electron chi connectivity index (χ3n) is 4.06. The van der Waals surface area contributed by atoms with Crippen LogP contribution in [0.3, 0.4) is 0 Å². The molecule has 122 valence electrons. The van der Waals surface area contributed by atoms with E-state index in [-0.39, 0.29) is 24.3 Å². The van der Waals surface area contributed by atoms with Gasteiger partial charge in [0.2, 0.25) is 5.91 Å². The predicted molar refractivity (Wildman–Crippen MR) is 84.5 cm³/mol. The average Bonchev–Trinajstić information content (AvgIpc) is 3.00. The fourth-order valence-corrected chi connectivity index (χ4v) is 3.02. The third kappa shape index (κ3) is 3.85. The van der Waals surface area contributed by atoms with Gasteiger partial charge in [-0.3, -0.25) is 4.79 Å². The number of rotatable bonds is 4. The topological polar surface area (TPSA) is 63.1 Å². The molecule has 0 bridgehead atoms. The quantitative estimate of drug-likeness (QED) is 0.928. The zero-order chi connectivity index (χ0) is 16.2. The number of nitrogens with one attached hydrogen (secondary N) is 1. The van der Waals surface area contributed by atoms with Gasteiger partial charge in [-0.05, 0) is 43.5 Å². The molecule has 1 amide bonds. The SMILES string of the molecule is Cc1cc(F)ccc1N1CCCC(NC(=O)Cn2cncn2)C1. The van der Waals surface area contributed by atoms with Gasteiger partial charge in [-0.1, -0.05) is 0 Å². The van der Waals surface area contributed by atoms with Crippen LogP contribution in [0.2, 0.25) is 0 Å². The summed E-state index contributed by atoms with van der Waals surface area (Å²) in [6, 6.07) is 4.92. The molecule has 1 N–H and O–H groups in total. The number of amides is 1. The second-order valence-electron chi connectivity index (χ2n) is 5.88. The maximum atomic E-state index is 13.3. The molecule has 2 heterocycles. The highest BCUT2D eigenvalue weighted by atomic mass is 19.1. The van der Waals surface area contributed by atoms with Gasteiger partial charge < -0.3 is 10.2 Å². The number of benzene rings is 1. The Morgan fingerprint density at radius 3 is 3.09 bits per heavy atom. The second-order valence-corrected chi connectivity index (χ2v) is 5.88. The summed E-state index contributed by atoms with van der Waals surface area (Å²) in [4.78, 5) is 18.1. The first-order valence-electron chi connectivity index (χ1n) is 7.74. The fraction of sp³-hybridized carbons (Fsp3) is 0.438. The minimum atomic E-state index is -0.221. The summed E-state index contributed by atoms with van der Waals surface area (Å²) in [5.41, 5.74) is 1.95. The molecule has 0 saturated carbocycles. The number of piperidine rings is 1. The lowest BCUT2D eigenvalue weighted by atomic mass is 10.0. The lowest BCUT2D eigenvalue weighted by Gasteiger charge is -2.35. The van der Waals surface area contributed by atoms with Crippen LogP contribution in [0.4, 0.5) is 10.1 Å². The fourth-order valence-electron chi connectivity index (χ4n) is 3.02. The molecule has 6 nitrogen and oxygen atoms in total. The van der Waals surface area contributed by atoms with E-state index in [1.807, 2.05) is 13.0 Å². The number of hydrogen-bond acceptors (Lipinski definition) is 4. The van der Waals surface area contributed by atoms with Crippen LogP contribution < -0.4 is 10.2 Å². The van der Waals surface area contributed by atoms with Crippen LogP contribution in [0, 0.1) is 12.7 Å². The van der Waals surface area contributed by atoms with E-state index in [1.165, 1.54) is 23.4 Å². The molecule has 1 fully saturated rings. The summed E-state index contributed by atoms with van der Waals surface area (Å²) in [6.07, 6.45) is 4.87.